The molecule has 0 aliphatic carbocycles. The number of likely N-dealkylation sites (N-methyl/N-ethyl adjacent to an activating group) is 1. The zero-order valence-electron chi connectivity index (χ0n) is 50.8. The number of hydrogen-bond donors (Lipinski definition) is 4. The van der Waals surface area contributed by atoms with E-state index in [4.69, 9.17) is 9.05 Å². The molecule has 9 nitrogen and oxygen atoms in total. The van der Waals surface area contributed by atoms with Crippen molar-refractivity contribution >= 4 is 13.7 Å². The molecule has 0 spiro atoms. The monoisotopic (exact) mass is 1100 g/mol. The van der Waals surface area contributed by atoms with Crippen LogP contribution in [0.3, 0.4) is 0 Å². The highest BCUT2D eigenvalue weighted by Gasteiger charge is 2.32. The van der Waals surface area contributed by atoms with Crippen LogP contribution in [0.15, 0.2) is 85.1 Å². The molecule has 0 aromatic rings. The summed E-state index contributed by atoms with van der Waals surface area (Å²) < 4.78 is 23.7. The number of aliphatic hydroxyl groups excluding tert-OH is 2. The van der Waals surface area contributed by atoms with Crippen molar-refractivity contribution in [3.63, 3.8) is 0 Å². The number of amides is 1. The summed E-state index contributed by atoms with van der Waals surface area (Å²) in [6.07, 6.45) is 77.0. The molecule has 77 heavy (non-hydrogen) atoms. The summed E-state index contributed by atoms with van der Waals surface area (Å²) in [5, 5.41) is 24.8. The van der Waals surface area contributed by atoms with Gasteiger partial charge in [-0.1, -0.05) is 285 Å². The lowest BCUT2D eigenvalue weighted by Gasteiger charge is -2.28. The lowest BCUT2D eigenvalue weighted by atomic mass is 9.99. The van der Waals surface area contributed by atoms with Crippen molar-refractivity contribution in [1.29, 1.82) is 0 Å². The third-order valence-corrected chi connectivity index (χ3v) is 15.2. The van der Waals surface area contributed by atoms with E-state index in [1.54, 1.807) is 0 Å². The molecule has 0 aliphatic heterocycles. The van der Waals surface area contributed by atoms with Crippen LogP contribution < -0.4 is 5.32 Å². The van der Waals surface area contributed by atoms with E-state index in [1.165, 1.54) is 167 Å². The smallest absolute Gasteiger partial charge is 0.390 e. The van der Waals surface area contributed by atoms with Crippen molar-refractivity contribution in [2.24, 2.45) is 0 Å². The fraction of sp³-hybridized carbons (Fsp3) is 0.776. The summed E-state index contributed by atoms with van der Waals surface area (Å²) in [6, 6.07) is -1.03. The second-order valence-electron chi connectivity index (χ2n) is 22.9. The minimum atomic E-state index is -4.42. The van der Waals surface area contributed by atoms with Crippen LogP contribution in [0.5, 0.6) is 0 Å². The predicted molar refractivity (Wildman–Crippen MR) is 333 cm³/mol. The largest absolute Gasteiger partial charge is 0.472 e. The van der Waals surface area contributed by atoms with Crippen molar-refractivity contribution in [2.45, 2.75) is 295 Å². The molecule has 0 aromatic carbocycles. The van der Waals surface area contributed by atoms with E-state index in [1.807, 2.05) is 21.1 Å². The zero-order chi connectivity index (χ0) is 56.4. The van der Waals surface area contributed by atoms with Gasteiger partial charge < -0.3 is 24.9 Å². The average Bonchev–Trinajstić information content (AvgIpc) is 3.39. The van der Waals surface area contributed by atoms with Gasteiger partial charge in [0.05, 0.1) is 39.9 Å². The number of allylic oxidation sites excluding steroid dienone is 14. The van der Waals surface area contributed by atoms with E-state index in [0.717, 1.165) is 83.5 Å². The Bertz CT molecular complexity index is 1550. The Morgan fingerprint density at radius 1 is 0.468 bits per heavy atom. The number of nitrogens with zero attached hydrogens (tertiary/aromatic N) is 1. The van der Waals surface area contributed by atoms with Crippen LogP contribution in [0, 0.1) is 0 Å². The van der Waals surface area contributed by atoms with E-state index >= 15 is 0 Å². The van der Waals surface area contributed by atoms with Crippen LogP contribution in [-0.2, 0) is 18.4 Å². The van der Waals surface area contributed by atoms with Gasteiger partial charge in [-0.3, -0.25) is 13.8 Å². The van der Waals surface area contributed by atoms with Gasteiger partial charge in [0.2, 0.25) is 5.91 Å². The number of hydrogen-bond acceptors (Lipinski definition) is 6. The van der Waals surface area contributed by atoms with E-state index in [9.17, 15) is 24.5 Å². The quantitative estimate of drug-likeness (QED) is 0.0207. The van der Waals surface area contributed by atoms with Crippen molar-refractivity contribution < 1.29 is 38.0 Å². The number of phosphoric ester groups is 1. The number of rotatable bonds is 58. The summed E-state index contributed by atoms with van der Waals surface area (Å²) >= 11 is 0. The third-order valence-electron chi connectivity index (χ3n) is 14.3. The van der Waals surface area contributed by atoms with Gasteiger partial charge in [0.25, 0.3) is 0 Å². The van der Waals surface area contributed by atoms with Crippen LogP contribution in [-0.4, -0.2) is 84.6 Å². The molecular weight excluding hydrogens is 976 g/mol. The van der Waals surface area contributed by atoms with Crippen LogP contribution in [0.4, 0.5) is 0 Å². The van der Waals surface area contributed by atoms with Crippen LogP contribution in [0.25, 0.3) is 0 Å². The van der Waals surface area contributed by atoms with Crippen molar-refractivity contribution in [1.82, 2.24) is 5.32 Å². The van der Waals surface area contributed by atoms with Crippen molar-refractivity contribution in [3.05, 3.63) is 85.1 Å². The molecular formula is C67H124N2O7P+. The number of phosphoric acid groups is 1. The van der Waals surface area contributed by atoms with Crippen molar-refractivity contribution in [2.75, 3.05) is 40.9 Å². The summed E-state index contributed by atoms with van der Waals surface area (Å²) in [5.74, 6) is -0.257. The first-order valence-electron chi connectivity index (χ1n) is 32.0. The molecule has 4 atom stereocenters. The number of nitrogens with one attached hydrogen (secondary N) is 1. The molecule has 0 radical (unpaired) electrons. The molecule has 4 N–H and O–H groups in total. The highest BCUT2D eigenvalue weighted by atomic mass is 31.2. The second kappa shape index (κ2) is 56.9. The van der Waals surface area contributed by atoms with Gasteiger partial charge in [0.1, 0.15) is 19.3 Å². The van der Waals surface area contributed by atoms with E-state index in [2.05, 4.69) is 104 Å². The molecule has 0 rings (SSSR count). The van der Waals surface area contributed by atoms with Gasteiger partial charge in [-0.25, -0.2) is 4.57 Å². The molecule has 0 bridgehead atoms. The zero-order valence-corrected chi connectivity index (χ0v) is 51.7. The lowest BCUT2D eigenvalue weighted by molar-refractivity contribution is -0.870. The number of quaternary nitrogens is 1. The van der Waals surface area contributed by atoms with Gasteiger partial charge in [-0.05, 0) is 70.6 Å². The normalized spacial score (nSPS) is 14.8. The topological polar surface area (TPSA) is 125 Å². The molecule has 0 saturated heterocycles. The molecule has 4 unspecified atom stereocenters. The molecule has 0 heterocycles. The first-order valence-corrected chi connectivity index (χ1v) is 33.5. The van der Waals surface area contributed by atoms with E-state index in [0.29, 0.717) is 23.9 Å². The Hall–Kier alpha value is -2.36. The highest BCUT2D eigenvalue weighted by molar-refractivity contribution is 7.47. The maximum absolute atomic E-state index is 13.0. The first-order chi connectivity index (χ1) is 37.4. The molecule has 1 amide bonds. The summed E-state index contributed by atoms with van der Waals surface area (Å²) in [4.78, 5) is 23.4. The fourth-order valence-corrected chi connectivity index (χ4v) is 9.98. The first kappa shape index (κ1) is 74.6. The standard InChI is InChI=1S/C67H123N2O7P/c1-6-8-10-12-14-16-18-20-21-22-23-24-25-26-27-28-29-30-31-32-33-34-35-36-37-38-39-40-41-42-43-44-45-46-47-48-50-52-54-56-58-60-66(71)68-64(63-76-77(73,74)75-62-61-69(3,4)5)67(72)65(70)59-57-55-53-51-49-19-17-15-13-11-9-7-2/h8,10,14,16,20-21,23-24,26-27,29-30,32-33,64-65,67,70,72H,6-7,9,11-13,15,17-19,22,25,28,31,34-63H2,1-5H3,(H-,68,71,73,74)/p+1/b10-8-,16-14-,21-20-,24-23-,27-26-,30-29-,33-32-. The molecule has 0 fully saturated rings. The second-order valence-corrected chi connectivity index (χ2v) is 24.4. The summed E-state index contributed by atoms with van der Waals surface area (Å²) in [7, 11) is 1.44. The van der Waals surface area contributed by atoms with Gasteiger partial charge in [-0.2, -0.15) is 0 Å². The molecule has 448 valence electrons. The summed E-state index contributed by atoms with van der Waals surface area (Å²) in [6.45, 7) is 4.50. The van der Waals surface area contributed by atoms with E-state index < -0.39 is 32.7 Å². The Morgan fingerprint density at radius 3 is 1.18 bits per heavy atom. The maximum atomic E-state index is 13.0. The van der Waals surface area contributed by atoms with Crippen LogP contribution >= 0.6 is 7.82 Å². The van der Waals surface area contributed by atoms with Crippen LogP contribution in [0.1, 0.15) is 277 Å². The van der Waals surface area contributed by atoms with Gasteiger partial charge in [-0.15, -0.1) is 0 Å². The Balaban J connectivity index is 3.97. The molecule has 0 aromatic heterocycles. The maximum Gasteiger partial charge on any atom is 0.472 e. The number of carbonyl (C=O) groups is 1. The van der Waals surface area contributed by atoms with E-state index in [-0.39, 0.29) is 12.5 Å². The lowest BCUT2D eigenvalue weighted by Crippen LogP contribution is -2.51. The predicted octanol–water partition coefficient (Wildman–Crippen LogP) is 19.0. The molecule has 0 aliphatic rings. The SMILES string of the molecule is CC/C=C\C/C=C\C/C=C\C/C=C\C/C=C\C/C=C\C/C=C\CCCCCCCCCCCCCCCCCCCCCC(=O)NC(COP(=O)(O)OCC[N+](C)(C)C)C(O)C(O)CCCCCCCCCCCCCC. The molecule has 10 heteroatoms. The third kappa shape index (κ3) is 58.1. The highest BCUT2D eigenvalue weighted by Crippen LogP contribution is 2.43. The van der Waals surface area contributed by atoms with Crippen molar-refractivity contribution in [3.8, 4) is 0 Å². The van der Waals surface area contributed by atoms with Gasteiger partial charge in [0, 0.05) is 6.42 Å². The minimum Gasteiger partial charge on any atom is -0.390 e. The Labute approximate surface area is 476 Å². The van der Waals surface area contributed by atoms with Crippen LogP contribution in [0.2, 0.25) is 0 Å². The number of carbonyl (C=O) groups excluding carboxylic acids is 1. The number of aliphatic hydroxyl groups is 2. The summed E-state index contributed by atoms with van der Waals surface area (Å²) in [5.41, 5.74) is 0. The Kier molecular flexibility index (Phi) is 55.2. The van der Waals surface area contributed by atoms with Gasteiger partial charge in [0.15, 0.2) is 0 Å². The minimum absolute atomic E-state index is 0.0212. The fourth-order valence-electron chi connectivity index (χ4n) is 9.24. The van der Waals surface area contributed by atoms with Gasteiger partial charge >= 0.3 is 7.82 Å². The number of unbranched alkanes of at least 4 members (excludes halogenated alkanes) is 30. The average molecular weight is 1100 g/mol. The molecule has 0 saturated carbocycles. The Morgan fingerprint density at radius 2 is 0.805 bits per heavy atom.